The van der Waals surface area contributed by atoms with E-state index >= 15 is 0 Å². The maximum Gasteiger partial charge on any atom is 0.331 e. The molecule has 6 heteroatoms. The Hall–Kier alpha value is -1.95. The summed E-state index contributed by atoms with van der Waals surface area (Å²) in [4.78, 5) is 14.3. The maximum absolute atomic E-state index is 10.9. The highest BCUT2D eigenvalue weighted by atomic mass is 79.9. The number of nitro groups is 1. The van der Waals surface area contributed by atoms with E-state index in [-0.39, 0.29) is 11.6 Å². The van der Waals surface area contributed by atoms with Crippen LogP contribution in [0.2, 0.25) is 0 Å². The molecule has 0 N–H and O–H groups in total. The predicted molar refractivity (Wildman–Crippen MR) is 74.6 cm³/mol. The molecule has 0 amide bonds. The number of hydrogen-bond donors (Lipinski definition) is 0. The molecule has 0 saturated heterocycles. The lowest BCUT2D eigenvalue weighted by Gasteiger charge is -2.10. The third kappa shape index (κ3) is 2.90. The van der Waals surface area contributed by atoms with Gasteiger partial charge in [0.15, 0.2) is 0 Å². The Kier molecular flexibility index (Phi) is 3.80. The van der Waals surface area contributed by atoms with Gasteiger partial charge < -0.3 is 4.74 Å². The molecule has 0 bridgehead atoms. The average molecular weight is 323 g/mol. The molecule has 0 atom stereocenters. The molecule has 0 aliphatic carbocycles. The van der Waals surface area contributed by atoms with E-state index in [2.05, 4.69) is 20.9 Å². The van der Waals surface area contributed by atoms with E-state index in [9.17, 15) is 10.1 Å². The normalized spacial score (nSPS) is 10.3. The van der Waals surface area contributed by atoms with Crippen molar-refractivity contribution < 1.29 is 9.66 Å². The summed E-state index contributed by atoms with van der Waals surface area (Å²) < 4.78 is 6.44. The van der Waals surface area contributed by atoms with Crippen molar-refractivity contribution in [3.8, 4) is 11.6 Å². The predicted octanol–water partition coefficient (Wildman–Crippen LogP) is 4.16. The second-order valence-corrected chi connectivity index (χ2v) is 4.91. The van der Waals surface area contributed by atoms with Crippen LogP contribution in [0.15, 0.2) is 34.9 Å². The third-order valence-electron chi connectivity index (χ3n) is 2.61. The van der Waals surface area contributed by atoms with Crippen LogP contribution in [-0.4, -0.2) is 9.91 Å². The topological polar surface area (TPSA) is 65.3 Å². The van der Waals surface area contributed by atoms with Gasteiger partial charge in [0.05, 0.1) is 4.92 Å². The van der Waals surface area contributed by atoms with Crippen LogP contribution in [0.25, 0.3) is 0 Å². The van der Waals surface area contributed by atoms with Crippen molar-refractivity contribution in [2.45, 2.75) is 13.8 Å². The minimum atomic E-state index is -0.513. The van der Waals surface area contributed by atoms with Crippen molar-refractivity contribution in [3.63, 3.8) is 0 Å². The molecular formula is C13H11BrN2O3. The van der Waals surface area contributed by atoms with Crippen LogP contribution < -0.4 is 4.74 Å². The minimum absolute atomic E-state index is 0.00801. The van der Waals surface area contributed by atoms with Gasteiger partial charge in [0.2, 0.25) is 0 Å². The molecule has 1 aromatic heterocycles. The monoisotopic (exact) mass is 322 g/mol. The molecule has 1 aromatic carbocycles. The number of rotatable bonds is 3. The smallest absolute Gasteiger partial charge is 0.331 e. The summed E-state index contributed by atoms with van der Waals surface area (Å²) in [6.07, 6.45) is 1.46. The third-order valence-corrected chi connectivity index (χ3v) is 3.46. The fourth-order valence-corrected chi connectivity index (χ4v) is 1.94. The largest absolute Gasteiger partial charge is 0.433 e. The number of aryl methyl sites for hydroxylation is 2. The van der Waals surface area contributed by atoms with E-state index in [0.29, 0.717) is 5.75 Å². The number of benzene rings is 1. The van der Waals surface area contributed by atoms with E-state index in [1.807, 2.05) is 19.9 Å². The average Bonchev–Trinajstić information content (AvgIpc) is 2.36. The van der Waals surface area contributed by atoms with Gasteiger partial charge in [0.1, 0.15) is 5.75 Å². The second-order valence-electron chi connectivity index (χ2n) is 4.05. The van der Waals surface area contributed by atoms with Crippen molar-refractivity contribution in [2.24, 2.45) is 0 Å². The Morgan fingerprint density at radius 2 is 2.05 bits per heavy atom. The first-order chi connectivity index (χ1) is 8.99. The SMILES string of the molecule is Cc1cc(C)c(Oc2ncccc2[N+](=O)[O-])cc1Br. The van der Waals surface area contributed by atoms with Crippen molar-refractivity contribution in [1.29, 1.82) is 0 Å². The molecule has 2 rings (SSSR count). The molecule has 98 valence electrons. The highest BCUT2D eigenvalue weighted by Crippen LogP contribution is 2.33. The zero-order chi connectivity index (χ0) is 14.0. The van der Waals surface area contributed by atoms with Crippen LogP contribution in [0.4, 0.5) is 5.69 Å². The number of nitrogens with zero attached hydrogens (tertiary/aromatic N) is 2. The summed E-state index contributed by atoms with van der Waals surface area (Å²) in [6, 6.07) is 6.58. The first-order valence-corrected chi connectivity index (χ1v) is 6.32. The van der Waals surface area contributed by atoms with Crippen LogP contribution in [0, 0.1) is 24.0 Å². The highest BCUT2D eigenvalue weighted by molar-refractivity contribution is 9.10. The summed E-state index contributed by atoms with van der Waals surface area (Å²) in [5.74, 6) is 0.533. The van der Waals surface area contributed by atoms with Gasteiger partial charge >= 0.3 is 5.69 Å². The number of ether oxygens (including phenoxy) is 1. The van der Waals surface area contributed by atoms with Crippen LogP contribution in [0.3, 0.4) is 0 Å². The number of halogens is 1. The van der Waals surface area contributed by atoms with Crippen LogP contribution in [0.5, 0.6) is 11.6 Å². The summed E-state index contributed by atoms with van der Waals surface area (Å²) in [5, 5.41) is 10.9. The molecule has 0 radical (unpaired) electrons. The highest BCUT2D eigenvalue weighted by Gasteiger charge is 2.17. The zero-order valence-electron chi connectivity index (χ0n) is 10.4. The fourth-order valence-electron chi connectivity index (χ4n) is 1.62. The minimum Gasteiger partial charge on any atom is -0.433 e. The van der Waals surface area contributed by atoms with Gasteiger partial charge in [-0.05, 0) is 37.1 Å². The fraction of sp³-hybridized carbons (Fsp3) is 0.154. The number of hydrogen-bond acceptors (Lipinski definition) is 4. The van der Waals surface area contributed by atoms with Crippen LogP contribution in [0.1, 0.15) is 11.1 Å². The first kappa shape index (κ1) is 13.5. The van der Waals surface area contributed by atoms with E-state index in [1.54, 1.807) is 6.07 Å². The van der Waals surface area contributed by atoms with Gasteiger partial charge in [-0.1, -0.05) is 22.0 Å². The zero-order valence-corrected chi connectivity index (χ0v) is 12.0. The quantitative estimate of drug-likeness (QED) is 0.628. The number of aromatic nitrogens is 1. The summed E-state index contributed by atoms with van der Waals surface area (Å²) in [7, 11) is 0. The summed E-state index contributed by atoms with van der Waals surface area (Å²) in [5.41, 5.74) is 1.81. The van der Waals surface area contributed by atoms with Crippen LogP contribution >= 0.6 is 15.9 Å². The van der Waals surface area contributed by atoms with Gasteiger partial charge in [-0.3, -0.25) is 10.1 Å². The molecule has 0 saturated carbocycles. The Morgan fingerprint density at radius 1 is 1.32 bits per heavy atom. The molecule has 0 aliphatic heterocycles. The van der Waals surface area contributed by atoms with E-state index in [0.717, 1.165) is 15.6 Å². The Bertz CT molecular complexity index is 644. The second kappa shape index (κ2) is 5.36. The van der Waals surface area contributed by atoms with Gasteiger partial charge in [-0.2, -0.15) is 0 Å². The maximum atomic E-state index is 10.9. The van der Waals surface area contributed by atoms with Gasteiger partial charge in [0, 0.05) is 16.7 Å². The Morgan fingerprint density at radius 3 is 2.74 bits per heavy atom. The molecule has 2 aromatic rings. The van der Waals surface area contributed by atoms with E-state index in [1.165, 1.54) is 18.3 Å². The molecular weight excluding hydrogens is 312 g/mol. The van der Waals surface area contributed by atoms with Crippen molar-refractivity contribution in [3.05, 3.63) is 56.2 Å². The summed E-state index contributed by atoms with van der Waals surface area (Å²) in [6.45, 7) is 3.84. The van der Waals surface area contributed by atoms with Gasteiger partial charge in [-0.15, -0.1) is 0 Å². The molecule has 0 unspecified atom stereocenters. The standard InChI is InChI=1S/C13H11BrN2O3/c1-8-6-9(2)12(7-10(8)14)19-13-11(16(17)18)4-3-5-15-13/h3-7H,1-2H3. The Labute approximate surface area is 118 Å². The lowest BCUT2D eigenvalue weighted by Crippen LogP contribution is -1.97. The van der Waals surface area contributed by atoms with E-state index < -0.39 is 4.92 Å². The molecule has 1 heterocycles. The number of pyridine rings is 1. The lowest BCUT2D eigenvalue weighted by atomic mass is 10.1. The molecule has 19 heavy (non-hydrogen) atoms. The van der Waals surface area contributed by atoms with E-state index in [4.69, 9.17) is 4.74 Å². The van der Waals surface area contributed by atoms with Crippen LogP contribution in [-0.2, 0) is 0 Å². The molecule has 5 nitrogen and oxygen atoms in total. The summed E-state index contributed by atoms with van der Waals surface area (Å²) >= 11 is 3.41. The lowest BCUT2D eigenvalue weighted by molar-refractivity contribution is -0.386. The Balaban J connectivity index is 2.42. The van der Waals surface area contributed by atoms with Crippen molar-refractivity contribution >= 4 is 21.6 Å². The first-order valence-electron chi connectivity index (χ1n) is 5.53. The van der Waals surface area contributed by atoms with Crippen molar-refractivity contribution in [1.82, 2.24) is 4.98 Å². The molecule has 0 fully saturated rings. The molecule has 0 aliphatic rings. The van der Waals surface area contributed by atoms with Gasteiger partial charge in [0.25, 0.3) is 5.88 Å². The molecule has 0 spiro atoms. The van der Waals surface area contributed by atoms with Gasteiger partial charge in [-0.25, -0.2) is 4.98 Å². The van der Waals surface area contributed by atoms with Crippen molar-refractivity contribution in [2.75, 3.05) is 0 Å².